The van der Waals surface area contributed by atoms with Crippen molar-refractivity contribution < 1.29 is 4.79 Å². The zero-order chi connectivity index (χ0) is 19.1. The van der Waals surface area contributed by atoms with Crippen LogP contribution in [-0.4, -0.2) is 28.9 Å². The summed E-state index contributed by atoms with van der Waals surface area (Å²) in [4.78, 5) is 19.5. The molecule has 2 aromatic carbocycles. The number of rotatable bonds is 8. The van der Waals surface area contributed by atoms with Crippen LogP contribution in [0.5, 0.6) is 0 Å². The molecule has 3 nitrogen and oxygen atoms in total. The number of nitrogens with zero attached hydrogens (tertiary/aromatic N) is 2. The van der Waals surface area contributed by atoms with Crippen molar-refractivity contribution in [2.24, 2.45) is 0 Å². The normalized spacial score (nSPS) is 10.5. The minimum Gasteiger partial charge on any atom is -0.343 e. The molecule has 0 aliphatic carbocycles. The summed E-state index contributed by atoms with van der Waals surface area (Å²) in [5.74, 6) is 0.251. The van der Waals surface area contributed by atoms with Crippen molar-refractivity contribution >= 4 is 29.2 Å². The van der Waals surface area contributed by atoms with Crippen molar-refractivity contribution in [1.82, 2.24) is 9.88 Å². The lowest BCUT2D eigenvalue weighted by Crippen LogP contribution is -2.32. The third-order valence-corrected chi connectivity index (χ3v) is 4.82. The van der Waals surface area contributed by atoms with Gasteiger partial charge in [-0.3, -0.25) is 4.79 Å². The van der Waals surface area contributed by atoms with Crippen molar-refractivity contribution in [3.05, 3.63) is 66.2 Å². The first kappa shape index (κ1) is 21.9. The van der Waals surface area contributed by atoms with E-state index in [1.54, 1.807) is 0 Å². The molecular weight excluding hydrogens is 368 g/mol. The van der Waals surface area contributed by atoms with E-state index in [2.05, 4.69) is 38.1 Å². The Morgan fingerprint density at radius 3 is 2.25 bits per heavy atom. The Hall–Kier alpha value is -2.39. The van der Waals surface area contributed by atoms with E-state index >= 15 is 0 Å². The zero-order valence-corrected chi connectivity index (χ0v) is 17.5. The summed E-state index contributed by atoms with van der Waals surface area (Å²) >= 11 is 0. The van der Waals surface area contributed by atoms with E-state index in [9.17, 15) is 4.79 Å². The zero-order valence-electron chi connectivity index (χ0n) is 16.7. The second-order valence-corrected chi connectivity index (χ2v) is 6.93. The van der Waals surface area contributed by atoms with Crippen LogP contribution < -0.4 is 0 Å². The highest BCUT2D eigenvalue weighted by atomic mass is 35.5. The summed E-state index contributed by atoms with van der Waals surface area (Å²) in [7, 11) is 0. The summed E-state index contributed by atoms with van der Waals surface area (Å²) in [5, 5.41) is 1.14. The average Bonchev–Trinajstić information content (AvgIpc) is 2.72. The SMILES string of the molecule is CCCN(CCC)C(=O)CCc1cc(-c2ccccc2)nc2ccccc12.Cl. The van der Waals surface area contributed by atoms with Crippen LogP contribution >= 0.6 is 12.4 Å². The number of amides is 1. The number of benzene rings is 2. The molecule has 0 saturated heterocycles. The average molecular weight is 397 g/mol. The van der Waals surface area contributed by atoms with Crippen molar-refractivity contribution in [2.45, 2.75) is 39.5 Å². The molecule has 0 unspecified atom stereocenters. The molecule has 0 saturated carbocycles. The van der Waals surface area contributed by atoms with Gasteiger partial charge in [-0.2, -0.15) is 0 Å². The summed E-state index contributed by atoms with van der Waals surface area (Å²) in [6.45, 7) is 5.94. The molecule has 3 aromatic rings. The molecule has 0 bridgehead atoms. The predicted octanol–water partition coefficient (Wildman–Crippen LogP) is 5.90. The highest BCUT2D eigenvalue weighted by Gasteiger charge is 2.14. The molecule has 0 radical (unpaired) electrons. The van der Waals surface area contributed by atoms with Gasteiger partial charge in [0.2, 0.25) is 5.91 Å². The number of para-hydroxylation sites is 1. The van der Waals surface area contributed by atoms with Crippen molar-refractivity contribution in [3.8, 4) is 11.3 Å². The third-order valence-electron chi connectivity index (χ3n) is 4.82. The quantitative estimate of drug-likeness (QED) is 0.474. The number of halogens is 1. The fourth-order valence-electron chi connectivity index (χ4n) is 3.51. The number of hydrogen-bond acceptors (Lipinski definition) is 2. The van der Waals surface area contributed by atoms with E-state index in [1.807, 2.05) is 41.3 Å². The first-order chi connectivity index (χ1) is 13.2. The lowest BCUT2D eigenvalue weighted by molar-refractivity contribution is -0.131. The maximum Gasteiger partial charge on any atom is 0.222 e. The van der Waals surface area contributed by atoms with Gasteiger partial charge in [-0.15, -0.1) is 12.4 Å². The molecule has 148 valence electrons. The Morgan fingerprint density at radius 2 is 1.57 bits per heavy atom. The van der Waals surface area contributed by atoms with Gasteiger partial charge in [-0.25, -0.2) is 4.98 Å². The number of aryl methyl sites for hydroxylation is 1. The predicted molar refractivity (Wildman–Crippen MR) is 120 cm³/mol. The highest BCUT2D eigenvalue weighted by Crippen LogP contribution is 2.25. The third kappa shape index (κ3) is 5.32. The van der Waals surface area contributed by atoms with Gasteiger partial charge in [-0.05, 0) is 37.0 Å². The summed E-state index contributed by atoms with van der Waals surface area (Å²) in [6.07, 6.45) is 3.29. The highest BCUT2D eigenvalue weighted by molar-refractivity contribution is 5.86. The Morgan fingerprint density at radius 1 is 0.929 bits per heavy atom. The minimum atomic E-state index is 0. The monoisotopic (exact) mass is 396 g/mol. The van der Waals surface area contributed by atoms with Gasteiger partial charge >= 0.3 is 0 Å². The molecule has 0 N–H and O–H groups in total. The second-order valence-electron chi connectivity index (χ2n) is 6.93. The summed E-state index contributed by atoms with van der Waals surface area (Å²) in [5.41, 5.74) is 4.26. The van der Waals surface area contributed by atoms with Crippen LogP contribution in [0.15, 0.2) is 60.7 Å². The number of hydrogen-bond donors (Lipinski definition) is 0. The maximum atomic E-state index is 12.7. The molecule has 1 amide bonds. The van der Waals surface area contributed by atoms with Crippen LogP contribution in [0.25, 0.3) is 22.2 Å². The molecule has 1 aromatic heterocycles. The topological polar surface area (TPSA) is 33.2 Å². The molecule has 0 aliphatic heterocycles. The van der Waals surface area contributed by atoms with E-state index in [4.69, 9.17) is 4.98 Å². The number of aromatic nitrogens is 1. The Kier molecular flexibility index (Phi) is 8.46. The minimum absolute atomic E-state index is 0. The lowest BCUT2D eigenvalue weighted by Gasteiger charge is -2.21. The van der Waals surface area contributed by atoms with Gasteiger partial charge in [0.25, 0.3) is 0 Å². The number of carbonyl (C=O) groups is 1. The van der Waals surface area contributed by atoms with Crippen molar-refractivity contribution in [1.29, 1.82) is 0 Å². The lowest BCUT2D eigenvalue weighted by atomic mass is 10.0. The molecule has 1 heterocycles. The maximum absolute atomic E-state index is 12.7. The van der Waals surface area contributed by atoms with E-state index in [0.717, 1.165) is 54.5 Å². The van der Waals surface area contributed by atoms with Crippen LogP contribution in [0.2, 0.25) is 0 Å². The van der Waals surface area contributed by atoms with E-state index in [-0.39, 0.29) is 18.3 Å². The number of carbonyl (C=O) groups excluding carboxylic acids is 1. The Labute approximate surface area is 174 Å². The van der Waals surface area contributed by atoms with Crippen molar-refractivity contribution in [2.75, 3.05) is 13.1 Å². The smallest absolute Gasteiger partial charge is 0.222 e. The fourth-order valence-corrected chi connectivity index (χ4v) is 3.51. The van der Waals surface area contributed by atoms with Gasteiger partial charge in [0.1, 0.15) is 0 Å². The first-order valence-corrected chi connectivity index (χ1v) is 9.94. The van der Waals surface area contributed by atoms with Crippen LogP contribution in [0, 0.1) is 0 Å². The Balaban J connectivity index is 0.00000280. The van der Waals surface area contributed by atoms with E-state index in [0.29, 0.717) is 6.42 Å². The van der Waals surface area contributed by atoms with E-state index < -0.39 is 0 Å². The number of pyridine rings is 1. The van der Waals surface area contributed by atoms with Crippen LogP contribution in [0.4, 0.5) is 0 Å². The van der Waals surface area contributed by atoms with Crippen molar-refractivity contribution in [3.63, 3.8) is 0 Å². The van der Waals surface area contributed by atoms with Crippen LogP contribution in [-0.2, 0) is 11.2 Å². The van der Waals surface area contributed by atoms with E-state index in [1.165, 1.54) is 5.56 Å². The molecule has 4 heteroatoms. The summed E-state index contributed by atoms with van der Waals surface area (Å²) in [6, 6.07) is 20.6. The molecule has 0 spiro atoms. The second kappa shape index (κ2) is 10.8. The molecule has 0 aliphatic rings. The van der Waals surface area contributed by atoms with Gasteiger partial charge in [0.05, 0.1) is 11.2 Å². The molecule has 28 heavy (non-hydrogen) atoms. The standard InChI is InChI=1S/C24H28N2O.ClH/c1-3-16-26(17-4-2)24(27)15-14-20-18-23(19-10-6-5-7-11-19)25-22-13-9-8-12-21(20)22;/h5-13,18H,3-4,14-17H2,1-2H3;1H. The van der Waals surface area contributed by atoms with Gasteiger partial charge in [0.15, 0.2) is 0 Å². The first-order valence-electron chi connectivity index (χ1n) is 9.94. The number of fused-ring (bicyclic) bond motifs is 1. The van der Waals surface area contributed by atoms with Gasteiger partial charge in [-0.1, -0.05) is 62.4 Å². The van der Waals surface area contributed by atoms with Gasteiger partial charge < -0.3 is 4.90 Å². The van der Waals surface area contributed by atoms with Crippen LogP contribution in [0.1, 0.15) is 38.7 Å². The molecular formula is C24H29ClN2O. The fraction of sp³-hybridized carbons (Fsp3) is 0.333. The molecule has 3 rings (SSSR count). The largest absolute Gasteiger partial charge is 0.343 e. The Bertz CT molecular complexity index is 890. The van der Waals surface area contributed by atoms with Crippen LogP contribution in [0.3, 0.4) is 0 Å². The van der Waals surface area contributed by atoms with Gasteiger partial charge in [0, 0.05) is 30.5 Å². The molecule has 0 atom stereocenters. The summed E-state index contributed by atoms with van der Waals surface area (Å²) < 4.78 is 0. The molecule has 0 fully saturated rings.